The Morgan fingerprint density at radius 3 is 2.41 bits per heavy atom. The van der Waals surface area contributed by atoms with E-state index in [2.05, 4.69) is 5.16 Å². The van der Waals surface area contributed by atoms with Gasteiger partial charge in [-0.15, -0.1) is 11.6 Å². The van der Waals surface area contributed by atoms with E-state index in [1.165, 1.54) is 6.08 Å². The Kier molecular flexibility index (Phi) is 4.95. The summed E-state index contributed by atoms with van der Waals surface area (Å²) in [5, 5.41) is 2.61. The second-order valence-electron chi connectivity index (χ2n) is 4.90. The molecule has 0 saturated carbocycles. The largest absolute Gasteiger partial charge is 0.365 e. The molecule has 116 valence electrons. The van der Waals surface area contributed by atoms with Gasteiger partial charge in [-0.05, 0) is 37.6 Å². The SMILES string of the molecule is CC1=CC(=O)C(Cl)(Cl)C(Cl)/C1=N\OC(=O)c1ccc(C)cc1. The fourth-order valence-corrected chi connectivity index (χ4v) is 2.45. The van der Waals surface area contributed by atoms with Crippen molar-refractivity contribution < 1.29 is 14.4 Å². The van der Waals surface area contributed by atoms with Gasteiger partial charge in [0.05, 0.1) is 5.56 Å². The first kappa shape index (κ1) is 17.0. The number of halogens is 3. The molecule has 0 spiro atoms. The van der Waals surface area contributed by atoms with Crippen LogP contribution in [0.25, 0.3) is 0 Å². The van der Waals surface area contributed by atoms with Gasteiger partial charge >= 0.3 is 5.97 Å². The van der Waals surface area contributed by atoms with Crippen LogP contribution in [0, 0.1) is 6.92 Å². The van der Waals surface area contributed by atoms with Gasteiger partial charge in [-0.2, -0.15) is 0 Å². The van der Waals surface area contributed by atoms with E-state index in [0.29, 0.717) is 11.1 Å². The van der Waals surface area contributed by atoms with Crippen LogP contribution in [0.3, 0.4) is 0 Å². The Bertz CT molecular complexity index is 678. The highest BCUT2D eigenvalue weighted by Gasteiger charge is 2.47. The third-order valence-electron chi connectivity index (χ3n) is 3.15. The molecule has 1 atom stereocenters. The monoisotopic (exact) mass is 359 g/mol. The topological polar surface area (TPSA) is 55.7 Å². The molecule has 0 radical (unpaired) electrons. The third kappa shape index (κ3) is 3.35. The highest BCUT2D eigenvalue weighted by Crippen LogP contribution is 2.37. The van der Waals surface area contributed by atoms with E-state index < -0.39 is 21.5 Å². The second kappa shape index (κ2) is 6.41. The number of carbonyl (C=O) groups is 2. The predicted octanol–water partition coefficient (Wildman–Crippen LogP) is 3.82. The maximum Gasteiger partial charge on any atom is 0.365 e. The molecule has 0 aromatic heterocycles. The third-order valence-corrected chi connectivity index (χ3v) is 4.72. The molecule has 1 aromatic rings. The molecule has 4 nitrogen and oxygen atoms in total. The van der Waals surface area contributed by atoms with E-state index >= 15 is 0 Å². The Morgan fingerprint density at radius 1 is 1.23 bits per heavy atom. The van der Waals surface area contributed by atoms with Crippen LogP contribution in [0.2, 0.25) is 0 Å². The van der Waals surface area contributed by atoms with Gasteiger partial charge in [0.1, 0.15) is 11.1 Å². The lowest BCUT2D eigenvalue weighted by atomic mass is 9.96. The van der Waals surface area contributed by atoms with Crippen molar-refractivity contribution in [2.45, 2.75) is 23.6 Å². The molecule has 0 aliphatic heterocycles. The summed E-state index contributed by atoms with van der Waals surface area (Å²) >= 11 is 17.9. The summed E-state index contributed by atoms with van der Waals surface area (Å²) in [6, 6.07) is 6.80. The summed E-state index contributed by atoms with van der Waals surface area (Å²) < 4.78 is -1.84. The number of ketones is 1. The summed E-state index contributed by atoms with van der Waals surface area (Å²) in [6.45, 7) is 3.51. The van der Waals surface area contributed by atoms with Crippen LogP contribution in [0.4, 0.5) is 0 Å². The van der Waals surface area contributed by atoms with E-state index in [9.17, 15) is 9.59 Å². The summed E-state index contributed by atoms with van der Waals surface area (Å²) in [7, 11) is 0. The minimum atomic E-state index is -1.84. The van der Waals surface area contributed by atoms with Gasteiger partial charge in [-0.1, -0.05) is 46.1 Å². The Hall–Kier alpha value is -1.36. The molecule has 7 heteroatoms. The van der Waals surface area contributed by atoms with Gasteiger partial charge in [0.25, 0.3) is 0 Å². The summed E-state index contributed by atoms with van der Waals surface area (Å²) in [5.41, 5.74) is 1.95. The Labute approximate surface area is 142 Å². The van der Waals surface area contributed by atoms with Crippen LogP contribution in [-0.4, -0.2) is 27.2 Å². The molecule has 0 bridgehead atoms. The second-order valence-corrected chi connectivity index (χ2v) is 6.72. The lowest BCUT2D eigenvalue weighted by molar-refractivity contribution is -0.115. The van der Waals surface area contributed by atoms with Gasteiger partial charge in [0, 0.05) is 0 Å². The van der Waals surface area contributed by atoms with Gasteiger partial charge in [-0.25, -0.2) is 4.79 Å². The lowest BCUT2D eigenvalue weighted by Crippen LogP contribution is -2.44. The first-order valence-electron chi connectivity index (χ1n) is 6.34. The zero-order chi connectivity index (χ0) is 16.5. The predicted molar refractivity (Wildman–Crippen MR) is 86.9 cm³/mol. The smallest absolute Gasteiger partial charge is 0.312 e. The number of alkyl halides is 3. The first-order chi connectivity index (χ1) is 10.2. The molecule has 0 heterocycles. The Balaban J connectivity index is 2.22. The molecular weight excluding hydrogens is 349 g/mol. The summed E-state index contributed by atoms with van der Waals surface area (Å²) in [6.07, 6.45) is 1.22. The van der Waals surface area contributed by atoms with Crippen LogP contribution in [0.1, 0.15) is 22.8 Å². The number of aryl methyl sites for hydroxylation is 1. The van der Waals surface area contributed by atoms with Crippen LogP contribution >= 0.6 is 34.8 Å². The normalized spacial score (nSPS) is 22.4. The van der Waals surface area contributed by atoms with E-state index in [1.807, 2.05) is 6.92 Å². The molecule has 0 amide bonds. The van der Waals surface area contributed by atoms with E-state index in [-0.39, 0.29) is 5.71 Å². The highest BCUT2D eigenvalue weighted by molar-refractivity contribution is 6.66. The number of hydrogen-bond donors (Lipinski definition) is 0. The Morgan fingerprint density at radius 2 is 1.82 bits per heavy atom. The van der Waals surface area contributed by atoms with Gasteiger partial charge in [0.15, 0.2) is 5.78 Å². The average molecular weight is 361 g/mol. The number of hydrogen-bond acceptors (Lipinski definition) is 4. The van der Waals surface area contributed by atoms with E-state index in [4.69, 9.17) is 39.6 Å². The fourth-order valence-electron chi connectivity index (χ4n) is 1.81. The van der Waals surface area contributed by atoms with Gasteiger partial charge in [-0.3, -0.25) is 4.79 Å². The molecule has 1 aliphatic carbocycles. The fraction of sp³-hybridized carbons (Fsp3) is 0.267. The van der Waals surface area contributed by atoms with Gasteiger partial charge < -0.3 is 4.84 Å². The highest BCUT2D eigenvalue weighted by atomic mass is 35.5. The quantitative estimate of drug-likeness (QED) is 0.458. The van der Waals surface area contributed by atoms with Crippen molar-refractivity contribution in [3.05, 3.63) is 47.0 Å². The first-order valence-corrected chi connectivity index (χ1v) is 7.53. The van der Waals surface area contributed by atoms with E-state index in [0.717, 1.165) is 5.56 Å². The molecule has 2 rings (SSSR count). The van der Waals surface area contributed by atoms with Crippen molar-refractivity contribution in [2.24, 2.45) is 5.16 Å². The minimum absolute atomic E-state index is 0.145. The molecule has 22 heavy (non-hydrogen) atoms. The van der Waals surface area contributed by atoms with Crippen molar-refractivity contribution in [3.8, 4) is 0 Å². The number of rotatable bonds is 2. The lowest BCUT2D eigenvalue weighted by Gasteiger charge is -2.27. The maximum atomic E-state index is 11.9. The standard InChI is InChI=1S/C15H12Cl3NO3/c1-8-3-5-10(6-4-8)14(21)22-19-12-9(2)7-11(20)15(17,18)13(12)16/h3-7,13H,1-2H3/b19-12-. The molecule has 1 unspecified atom stereocenters. The average Bonchev–Trinajstić information content (AvgIpc) is 2.46. The van der Waals surface area contributed by atoms with Crippen LogP contribution in [0.5, 0.6) is 0 Å². The van der Waals surface area contributed by atoms with Crippen molar-refractivity contribution in [3.63, 3.8) is 0 Å². The van der Waals surface area contributed by atoms with Crippen LogP contribution in [0.15, 0.2) is 41.1 Å². The van der Waals surface area contributed by atoms with Crippen molar-refractivity contribution in [1.29, 1.82) is 0 Å². The zero-order valence-electron chi connectivity index (χ0n) is 11.8. The molecule has 0 N–H and O–H groups in total. The molecule has 0 fully saturated rings. The maximum absolute atomic E-state index is 11.9. The van der Waals surface area contributed by atoms with Crippen molar-refractivity contribution in [2.75, 3.05) is 0 Å². The molecule has 1 aliphatic rings. The molecule has 1 aromatic carbocycles. The summed E-state index contributed by atoms with van der Waals surface area (Å²) in [5.74, 6) is -1.17. The van der Waals surface area contributed by atoms with Crippen LogP contribution < -0.4 is 0 Å². The van der Waals surface area contributed by atoms with Crippen LogP contribution in [-0.2, 0) is 9.63 Å². The van der Waals surface area contributed by atoms with Crippen molar-refractivity contribution in [1.82, 2.24) is 0 Å². The molecule has 0 saturated heterocycles. The number of nitrogens with zero attached hydrogens (tertiary/aromatic N) is 1. The number of allylic oxidation sites excluding steroid dienone is 2. The number of carbonyl (C=O) groups excluding carboxylic acids is 2. The van der Waals surface area contributed by atoms with Gasteiger partial charge in [0.2, 0.25) is 4.33 Å². The zero-order valence-corrected chi connectivity index (χ0v) is 14.0. The van der Waals surface area contributed by atoms with Crippen molar-refractivity contribution >= 4 is 52.3 Å². The minimum Gasteiger partial charge on any atom is -0.312 e. The molecular formula is C15H12Cl3NO3. The summed E-state index contributed by atoms with van der Waals surface area (Å²) in [4.78, 5) is 28.5. The number of benzene rings is 1. The number of oxime groups is 1. The van der Waals surface area contributed by atoms with E-state index in [1.54, 1.807) is 31.2 Å².